The highest BCUT2D eigenvalue weighted by Gasteiger charge is 2.24. The highest BCUT2D eigenvalue weighted by Crippen LogP contribution is 2.23. The molecule has 1 atom stereocenters. The van der Waals surface area contributed by atoms with Crippen LogP contribution in [0.4, 0.5) is 0 Å². The van der Waals surface area contributed by atoms with Crippen LogP contribution in [0.25, 0.3) is 11.1 Å². The Morgan fingerprint density at radius 3 is 2.11 bits per heavy atom. The van der Waals surface area contributed by atoms with E-state index in [2.05, 4.69) is 16.6 Å². The number of ether oxygens (including phenoxy) is 2. The monoisotopic (exact) mass is 403 g/mol. The van der Waals surface area contributed by atoms with Crippen LogP contribution < -0.4 is 9.46 Å². The molecule has 2 N–H and O–H groups in total. The fourth-order valence-corrected chi connectivity index (χ4v) is 3.53. The van der Waals surface area contributed by atoms with E-state index in [0.29, 0.717) is 0 Å². The van der Waals surface area contributed by atoms with Crippen molar-refractivity contribution in [2.24, 2.45) is 0 Å². The number of aliphatic carboxylic acids is 1. The second kappa shape index (κ2) is 9.90. The normalized spacial score (nSPS) is 11.9. The van der Waals surface area contributed by atoms with Gasteiger partial charge in [-0.2, -0.15) is 4.72 Å². The number of sulfonamides is 1. The Balaban J connectivity index is 2.15. The van der Waals surface area contributed by atoms with E-state index in [1.807, 2.05) is 24.3 Å². The molecular formula is C20H21NO6S. The zero-order valence-corrected chi connectivity index (χ0v) is 16.3. The lowest BCUT2D eigenvalue weighted by atomic mass is 10.1. The molecule has 0 spiro atoms. The average Bonchev–Trinajstić information content (AvgIpc) is 2.70. The lowest BCUT2D eigenvalue weighted by Crippen LogP contribution is -2.40. The van der Waals surface area contributed by atoms with E-state index in [4.69, 9.17) is 9.47 Å². The number of nitrogens with one attached hydrogen (secondary N) is 1. The molecule has 8 heteroatoms. The van der Waals surface area contributed by atoms with Crippen LogP contribution in [0.15, 0.2) is 53.4 Å². The topological polar surface area (TPSA) is 102 Å². The van der Waals surface area contributed by atoms with Crippen molar-refractivity contribution in [1.82, 2.24) is 4.72 Å². The zero-order chi connectivity index (χ0) is 20.6. The predicted molar refractivity (Wildman–Crippen MR) is 104 cm³/mol. The molecule has 28 heavy (non-hydrogen) atoms. The molecule has 148 valence electrons. The minimum absolute atomic E-state index is 0.0270. The molecule has 7 nitrogen and oxygen atoms in total. The smallest absolute Gasteiger partial charge is 0.322 e. The zero-order valence-electron chi connectivity index (χ0n) is 15.5. The lowest BCUT2D eigenvalue weighted by molar-refractivity contribution is -0.138. The van der Waals surface area contributed by atoms with Crippen molar-refractivity contribution < 1.29 is 27.8 Å². The van der Waals surface area contributed by atoms with Gasteiger partial charge in [0.05, 0.1) is 12.0 Å². The molecule has 0 heterocycles. The quantitative estimate of drug-likeness (QED) is 0.655. The number of carboxylic acid groups (broad SMARTS) is 1. The molecule has 0 aliphatic rings. The first-order valence-corrected chi connectivity index (χ1v) is 9.80. The predicted octanol–water partition coefficient (Wildman–Crippen LogP) is 2.13. The van der Waals surface area contributed by atoms with Gasteiger partial charge in [-0.1, -0.05) is 36.1 Å². The van der Waals surface area contributed by atoms with Gasteiger partial charge in [0.1, 0.15) is 18.4 Å². The fraction of sp³-hybridized carbons (Fsp3) is 0.250. The van der Waals surface area contributed by atoms with Crippen molar-refractivity contribution in [2.75, 3.05) is 20.8 Å². The van der Waals surface area contributed by atoms with E-state index < -0.39 is 22.0 Å². The van der Waals surface area contributed by atoms with Crippen molar-refractivity contribution in [2.45, 2.75) is 17.4 Å². The first-order valence-electron chi connectivity index (χ1n) is 8.31. The standard InChI is InChI=1S/C20H21NO6S/c1-26-14-4-3-5-19(20(22)23)21-28(24,25)18-12-8-16(9-13-18)15-6-10-17(27-2)11-7-15/h6-13,19,21H,5,14H2,1-2H3,(H,22,23)/t19-/m1/s1. The van der Waals surface area contributed by atoms with Crippen LogP contribution in [0.5, 0.6) is 5.75 Å². The third-order valence-corrected chi connectivity index (χ3v) is 5.32. The lowest BCUT2D eigenvalue weighted by Gasteiger charge is -2.13. The third-order valence-electron chi connectivity index (χ3n) is 3.83. The summed E-state index contributed by atoms with van der Waals surface area (Å²) in [6, 6.07) is 12.2. The molecule has 0 aromatic heterocycles. The molecule has 2 aromatic carbocycles. The number of carboxylic acids is 1. The number of rotatable bonds is 8. The molecule has 0 aliphatic heterocycles. The van der Waals surface area contributed by atoms with E-state index in [-0.39, 0.29) is 17.9 Å². The third kappa shape index (κ3) is 5.82. The molecule has 0 saturated carbocycles. The van der Waals surface area contributed by atoms with E-state index in [1.165, 1.54) is 19.2 Å². The summed E-state index contributed by atoms with van der Waals surface area (Å²) in [7, 11) is -0.968. The Kier molecular flexibility index (Phi) is 7.58. The summed E-state index contributed by atoms with van der Waals surface area (Å²) >= 11 is 0. The maximum Gasteiger partial charge on any atom is 0.322 e. The summed E-state index contributed by atoms with van der Waals surface area (Å²) in [5, 5.41) is 9.24. The molecule has 2 rings (SSSR count). The van der Waals surface area contributed by atoms with Crippen molar-refractivity contribution in [3.8, 4) is 28.7 Å². The second-order valence-electron chi connectivity index (χ2n) is 5.76. The van der Waals surface area contributed by atoms with Gasteiger partial charge < -0.3 is 14.6 Å². The molecule has 2 aromatic rings. The van der Waals surface area contributed by atoms with Gasteiger partial charge in [-0.15, -0.1) is 0 Å². The first kappa shape index (κ1) is 21.4. The maximum atomic E-state index is 12.5. The van der Waals surface area contributed by atoms with Crippen molar-refractivity contribution in [3.63, 3.8) is 0 Å². The number of methoxy groups -OCH3 is 2. The van der Waals surface area contributed by atoms with Gasteiger partial charge in [-0.25, -0.2) is 8.42 Å². The minimum atomic E-state index is -4.01. The Bertz CT molecular complexity index is 956. The summed E-state index contributed by atoms with van der Waals surface area (Å²) in [5.41, 5.74) is 1.72. The molecule has 0 saturated heterocycles. The van der Waals surface area contributed by atoms with Crippen molar-refractivity contribution in [3.05, 3.63) is 48.5 Å². The van der Waals surface area contributed by atoms with Crippen LogP contribution in [0, 0.1) is 11.8 Å². The number of benzene rings is 2. The average molecular weight is 403 g/mol. The van der Waals surface area contributed by atoms with Crippen LogP contribution in [0.2, 0.25) is 0 Å². The summed E-state index contributed by atoms with van der Waals surface area (Å²) in [6.45, 7) is 0.145. The van der Waals surface area contributed by atoms with Crippen LogP contribution >= 0.6 is 0 Å². The molecule has 0 amide bonds. The summed E-state index contributed by atoms with van der Waals surface area (Å²) < 4.78 is 37.0. The van der Waals surface area contributed by atoms with Gasteiger partial charge in [0.15, 0.2) is 0 Å². The van der Waals surface area contributed by atoms with Crippen LogP contribution in [-0.2, 0) is 19.6 Å². The molecule has 0 radical (unpaired) electrons. The van der Waals surface area contributed by atoms with Crippen molar-refractivity contribution >= 4 is 16.0 Å². The van der Waals surface area contributed by atoms with E-state index in [1.54, 1.807) is 19.2 Å². The Morgan fingerprint density at radius 2 is 1.61 bits per heavy atom. The Morgan fingerprint density at radius 1 is 1.04 bits per heavy atom. The van der Waals surface area contributed by atoms with Gasteiger partial charge in [0.2, 0.25) is 10.0 Å². The summed E-state index contributed by atoms with van der Waals surface area (Å²) in [4.78, 5) is 11.3. The molecular weight excluding hydrogens is 382 g/mol. The number of carbonyl (C=O) groups is 1. The maximum absolute atomic E-state index is 12.5. The Hall–Kier alpha value is -2.86. The SMILES string of the molecule is COCC#CC[C@@H](NS(=O)(=O)c1ccc(-c2ccc(OC)cc2)cc1)C(=O)O. The molecule has 0 unspecified atom stereocenters. The van der Waals surface area contributed by atoms with Gasteiger partial charge in [0.25, 0.3) is 0 Å². The first-order chi connectivity index (χ1) is 13.4. The minimum Gasteiger partial charge on any atom is -0.497 e. The van der Waals surface area contributed by atoms with Crippen LogP contribution in [0.1, 0.15) is 6.42 Å². The van der Waals surface area contributed by atoms with Crippen LogP contribution in [-0.4, -0.2) is 46.4 Å². The number of hydrogen-bond donors (Lipinski definition) is 2. The highest BCUT2D eigenvalue weighted by atomic mass is 32.2. The fourth-order valence-electron chi connectivity index (χ4n) is 2.34. The number of hydrogen-bond acceptors (Lipinski definition) is 5. The van der Waals surface area contributed by atoms with Crippen molar-refractivity contribution in [1.29, 1.82) is 0 Å². The Labute approximate surface area is 164 Å². The van der Waals surface area contributed by atoms with Gasteiger partial charge in [-0.05, 0) is 35.4 Å². The second-order valence-corrected chi connectivity index (χ2v) is 7.47. The molecule has 0 bridgehead atoms. The largest absolute Gasteiger partial charge is 0.497 e. The van der Waals surface area contributed by atoms with Gasteiger partial charge >= 0.3 is 5.97 Å². The van der Waals surface area contributed by atoms with E-state index in [0.717, 1.165) is 16.9 Å². The van der Waals surface area contributed by atoms with Gasteiger partial charge in [0, 0.05) is 13.5 Å². The van der Waals surface area contributed by atoms with E-state index >= 15 is 0 Å². The summed E-state index contributed by atoms with van der Waals surface area (Å²) in [6.07, 6.45) is -0.165. The van der Waals surface area contributed by atoms with Crippen LogP contribution in [0.3, 0.4) is 0 Å². The molecule has 0 aliphatic carbocycles. The highest BCUT2D eigenvalue weighted by molar-refractivity contribution is 7.89. The molecule has 0 fully saturated rings. The van der Waals surface area contributed by atoms with E-state index in [9.17, 15) is 18.3 Å². The van der Waals surface area contributed by atoms with Gasteiger partial charge in [-0.3, -0.25) is 4.79 Å². The summed E-state index contributed by atoms with van der Waals surface area (Å²) in [5.74, 6) is 4.61.